The molecule has 0 spiro atoms. The summed E-state index contributed by atoms with van der Waals surface area (Å²) in [6.07, 6.45) is 1.91. The van der Waals surface area contributed by atoms with Gasteiger partial charge in [0.05, 0.1) is 12.0 Å². The second-order valence-electron chi connectivity index (χ2n) is 5.95. The van der Waals surface area contributed by atoms with Gasteiger partial charge in [0.1, 0.15) is 5.82 Å². The van der Waals surface area contributed by atoms with Crippen LogP contribution >= 0.6 is 11.6 Å². The minimum absolute atomic E-state index is 0.0400. The lowest BCUT2D eigenvalue weighted by Crippen LogP contribution is -2.45. The molecule has 0 bridgehead atoms. The van der Waals surface area contributed by atoms with Gasteiger partial charge in [-0.3, -0.25) is 4.79 Å². The van der Waals surface area contributed by atoms with Crippen LogP contribution in [0.1, 0.15) is 32.3 Å². The number of benzene rings is 1. The van der Waals surface area contributed by atoms with Crippen LogP contribution in [0.5, 0.6) is 0 Å². The maximum atomic E-state index is 13.9. The van der Waals surface area contributed by atoms with E-state index >= 15 is 0 Å². The number of halogens is 2. The summed E-state index contributed by atoms with van der Waals surface area (Å²) in [5.41, 5.74) is 5.41. The average Bonchev–Trinajstić information content (AvgIpc) is 3.22. The molecule has 3 nitrogen and oxygen atoms in total. The van der Waals surface area contributed by atoms with E-state index in [2.05, 4.69) is 0 Å². The molecule has 0 atom stereocenters. The minimum Gasteiger partial charge on any atom is -0.335 e. The third kappa shape index (κ3) is 3.13. The molecule has 20 heavy (non-hydrogen) atoms. The molecule has 5 heteroatoms. The van der Waals surface area contributed by atoms with Crippen molar-refractivity contribution in [2.75, 3.05) is 6.54 Å². The van der Waals surface area contributed by atoms with Crippen molar-refractivity contribution in [1.29, 1.82) is 0 Å². The molecule has 0 heterocycles. The Labute approximate surface area is 123 Å². The number of carbonyl (C=O) groups is 1. The van der Waals surface area contributed by atoms with E-state index < -0.39 is 5.41 Å². The zero-order chi connectivity index (χ0) is 14.9. The minimum atomic E-state index is -0.639. The standard InChI is InChI=1S/C15H20ClFN2O/c1-15(2,9-18)14(20)19(10-6-7-10)8-11-12(16)4-3-5-13(11)17/h3-5,10H,6-9,18H2,1-2H3. The predicted molar refractivity (Wildman–Crippen MR) is 77.8 cm³/mol. The molecule has 1 amide bonds. The van der Waals surface area contributed by atoms with E-state index in [1.165, 1.54) is 6.07 Å². The molecule has 0 aromatic heterocycles. The second kappa shape index (κ2) is 5.70. The number of hydrogen-bond acceptors (Lipinski definition) is 2. The van der Waals surface area contributed by atoms with Gasteiger partial charge >= 0.3 is 0 Å². The maximum Gasteiger partial charge on any atom is 0.230 e. The zero-order valence-corrected chi connectivity index (χ0v) is 12.6. The van der Waals surface area contributed by atoms with Crippen molar-refractivity contribution >= 4 is 17.5 Å². The third-order valence-electron chi connectivity index (χ3n) is 3.73. The van der Waals surface area contributed by atoms with Crippen LogP contribution < -0.4 is 5.73 Å². The summed E-state index contributed by atoms with van der Waals surface area (Å²) in [4.78, 5) is 14.3. The SMILES string of the molecule is CC(C)(CN)C(=O)N(Cc1c(F)cccc1Cl)C1CC1. The van der Waals surface area contributed by atoms with Gasteiger partial charge < -0.3 is 10.6 Å². The van der Waals surface area contributed by atoms with Crippen LogP contribution in [0, 0.1) is 11.2 Å². The van der Waals surface area contributed by atoms with E-state index in [9.17, 15) is 9.18 Å². The van der Waals surface area contributed by atoms with Crippen LogP contribution in [0.15, 0.2) is 18.2 Å². The molecule has 2 rings (SSSR count). The van der Waals surface area contributed by atoms with Gasteiger partial charge in [-0.1, -0.05) is 17.7 Å². The van der Waals surface area contributed by atoms with Crippen LogP contribution in [0.25, 0.3) is 0 Å². The summed E-state index contributed by atoms with van der Waals surface area (Å²) < 4.78 is 13.9. The number of rotatable bonds is 5. The van der Waals surface area contributed by atoms with E-state index in [0.717, 1.165) is 12.8 Å². The molecule has 1 saturated carbocycles. The molecule has 110 valence electrons. The van der Waals surface area contributed by atoms with Gasteiger partial charge in [0.2, 0.25) is 5.91 Å². The van der Waals surface area contributed by atoms with E-state index in [4.69, 9.17) is 17.3 Å². The molecule has 1 aliphatic rings. The van der Waals surface area contributed by atoms with Crippen LogP contribution in [0.4, 0.5) is 4.39 Å². The van der Waals surface area contributed by atoms with Gasteiger partial charge in [0.15, 0.2) is 0 Å². The highest BCUT2D eigenvalue weighted by atomic mass is 35.5. The second-order valence-corrected chi connectivity index (χ2v) is 6.36. The van der Waals surface area contributed by atoms with Crippen LogP contribution in [0.3, 0.4) is 0 Å². The maximum absolute atomic E-state index is 13.9. The van der Waals surface area contributed by atoms with Crippen molar-refractivity contribution in [2.24, 2.45) is 11.1 Å². The van der Waals surface area contributed by atoms with Crippen molar-refractivity contribution in [3.05, 3.63) is 34.6 Å². The highest BCUT2D eigenvalue weighted by molar-refractivity contribution is 6.31. The van der Waals surface area contributed by atoms with Gasteiger partial charge in [-0.15, -0.1) is 0 Å². The van der Waals surface area contributed by atoms with Crippen LogP contribution in [-0.4, -0.2) is 23.4 Å². The van der Waals surface area contributed by atoms with E-state index in [1.807, 2.05) is 13.8 Å². The summed E-state index contributed by atoms with van der Waals surface area (Å²) in [5, 5.41) is 0.356. The topological polar surface area (TPSA) is 46.3 Å². The normalized spacial score (nSPS) is 15.2. The molecular formula is C15H20ClFN2O. The summed E-state index contributed by atoms with van der Waals surface area (Å²) >= 11 is 6.05. The van der Waals surface area contributed by atoms with Crippen molar-refractivity contribution in [2.45, 2.75) is 39.3 Å². The smallest absolute Gasteiger partial charge is 0.230 e. The first-order valence-electron chi connectivity index (χ1n) is 6.81. The number of carbonyl (C=O) groups excluding carboxylic acids is 1. The monoisotopic (exact) mass is 298 g/mol. The third-order valence-corrected chi connectivity index (χ3v) is 4.08. The van der Waals surface area contributed by atoms with Crippen LogP contribution in [-0.2, 0) is 11.3 Å². The molecule has 0 saturated heterocycles. The molecule has 1 aliphatic carbocycles. The molecule has 1 fully saturated rings. The average molecular weight is 299 g/mol. The van der Waals surface area contributed by atoms with Gasteiger partial charge in [0.25, 0.3) is 0 Å². The molecule has 1 aromatic rings. The first kappa shape index (κ1) is 15.3. The summed E-state index contributed by atoms with van der Waals surface area (Å²) in [6, 6.07) is 4.76. The van der Waals surface area contributed by atoms with E-state index in [1.54, 1.807) is 17.0 Å². The Morgan fingerprint density at radius 1 is 1.50 bits per heavy atom. The molecule has 1 aromatic carbocycles. The van der Waals surface area contributed by atoms with E-state index in [-0.39, 0.29) is 30.9 Å². The Balaban J connectivity index is 2.25. The van der Waals surface area contributed by atoms with Crippen molar-refractivity contribution in [3.63, 3.8) is 0 Å². The number of nitrogens with zero attached hydrogens (tertiary/aromatic N) is 1. The molecular weight excluding hydrogens is 279 g/mol. The Hall–Kier alpha value is -1.13. The molecule has 2 N–H and O–H groups in total. The first-order valence-corrected chi connectivity index (χ1v) is 7.18. The lowest BCUT2D eigenvalue weighted by molar-refractivity contribution is -0.141. The van der Waals surface area contributed by atoms with Crippen LogP contribution in [0.2, 0.25) is 5.02 Å². The fraction of sp³-hybridized carbons (Fsp3) is 0.533. The van der Waals surface area contributed by atoms with Gasteiger partial charge in [-0.2, -0.15) is 0 Å². The number of nitrogens with two attached hydrogens (primary N) is 1. The molecule has 0 aliphatic heterocycles. The first-order chi connectivity index (χ1) is 9.36. The summed E-state index contributed by atoms with van der Waals surface area (Å²) in [7, 11) is 0. The Morgan fingerprint density at radius 3 is 2.65 bits per heavy atom. The Morgan fingerprint density at radius 2 is 2.15 bits per heavy atom. The Kier molecular flexibility index (Phi) is 4.35. The Bertz CT molecular complexity index is 494. The number of hydrogen-bond donors (Lipinski definition) is 1. The van der Waals surface area contributed by atoms with Crippen molar-refractivity contribution < 1.29 is 9.18 Å². The predicted octanol–water partition coefficient (Wildman–Crippen LogP) is 2.96. The number of amides is 1. The van der Waals surface area contributed by atoms with Crippen molar-refractivity contribution in [1.82, 2.24) is 4.90 Å². The fourth-order valence-electron chi connectivity index (χ4n) is 2.08. The summed E-state index contributed by atoms with van der Waals surface area (Å²) in [5.74, 6) is -0.414. The largest absolute Gasteiger partial charge is 0.335 e. The molecule has 0 radical (unpaired) electrons. The van der Waals surface area contributed by atoms with Gasteiger partial charge in [0, 0.05) is 23.2 Å². The highest BCUT2D eigenvalue weighted by Gasteiger charge is 2.39. The quantitative estimate of drug-likeness (QED) is 0.908. The highest BCUT2D eigenvalue weighted by Crippen LogP contribution is 2.33. The molecule has 0 unspecified atom stereocenters. The van der Waals surface area contributed by atoms with Gasteiger partial charge in [-0.05, 0) is 38.8 Å². The fourth-order valence-corrected chi connectivity index (χ4v) is 2.31. The van der Waals surface area contributed by atoms with Gasteiger partial charge in [-0.25, -0.2) is 4.39 Å². The summed E-state index contributed by atoms with van der Waals surface area (Å²) in [6.45, 7) is 4.10. The lowest BCUT2D eigenvalue weighted by Gasteiger charge is -2.31. The van der Waals surface area contributed by atoms with E-state index in [0.29, 0.717) is 10.6 Å². The zero-order valence-electron chi connectivity index (χ0n) is 11.8. The van der Waals surface area contributed by atoms with Crippen molar-refractivity contribution in [3.8, 4) is 0 Å². The lowest BCUT2D eigenvalue weighted by atomic mass is 9.91.